The van der Waals surface area contributed by atoms with Gasteiger partial charge in [0, 0.05) is 16.0 Å². The molecule has 1 saturated carbocycles. The molecule has 0 saturated heterocycles. The Morgan fingerprint density at radius 3 is 2.68 bits per heavy atom. The second kappa shape index (κ2) is 6.25. The van der Waals surface area contributed by atoms with Crippen LogP contribution < -0.4 is 11.1 Å². The molecule has 0 atom stereocenters. The molecule has 0 aromatic heterocycles. The molecule has 1 aromatic carbocycles. The first kappa shape index (κ1) is 14.8. The summed E-state index contributed by atoms with van der Waals surface area (Å²) in [5.41, 5.74) is 6.38. The third-order valence-electron chi connectivity index (χ3n) is 3.65. The smallest absolute Gasteiger partial charge is 0.240 e. The summed E-state index contributed by atoms with van der Waals surface area (Å²) >= 11 is 9.48. The summed E-state index contributed by atoms with van der Waals surface area (Å²) in [6, 6.07) is 5.63. The Hall–Kier alpha value is -0.580. The number of nitrogens with one attached hydrogen (secondary N) is 1. The third kappa shape index (κ3) is 3.71. The van der Waals surface area contributed by atoms with Gasteiger partial charge in [0.05, 0.1) is 5.54 Å². The maximum absolute atomic E-state index is 12.2. The highest BCUT2D eigenvalue weighted by molar-refractivity contribution is 9.10. The topological polar surface area (TPSA) is 55.1 Å². The van der Waals surface area contributed by atoms with Crippen molar-refractivity contribution in [3.8, 4) is 0 Å². The Kier molecular flexibility index (Phi) is 4.87. The van der Waals surface area contributed by atoms with E-state index in [4.69, 9.17) is 17.3 Å². The van der Waals surface area contributed by atoms with E-state index in [1.54, 1.807) is 0 Å². The first-order valence-corrected chi connectivity index (χ1v) is 7.69. The van der Waals surface area contributed by atoms with Crippen LogP contribution in [-0.4, -0.2) is 11.4 Å². The quantitative estimate of drug-likeness (QED) is 0.882. The molecule has 0 spiro atoms. The van der Waals surface area contributed by atoms with Crippen LogP contribution in [0.15, 0.2) is 22.7 Å². The lowest BCUT2D eigenvalue weighted by Crippen LogP contribution is -2.54. The van der Waals surface area contributed by atoms with Gasteiger partial charge in [0.15, 0.2) is 0 Å². The van der Waals surface area contributed by atoms with Crippen LogP contribution in [-0.2, 0) is 11.3 Å². The van der Waals surface area contributed by atoms with Crippen molar-refractivity contribution >= 4 is 33.4 Å². The van der Waals surface area contributed by atoms with Gasteiger partial charge in [-0.2, -0.15) is 0 Å². The van der Waals surface area contributed by atoms with Crippen molar-refractivity contribution in [1.82, 2.24) is 5.32 Å². The van der Waals surface area contributed by atoms with Gasteiger partial charge in [-0.3, -0.25) is 4.79 Å². The summed E-state index contributed by atoms with van der Waals surface area (Å²) in [5, 5.41) is 3.55. The van der Waals surface area contributed by atoms with Crippen LogP contribution in [0, 0.1) is 0 Å². The van der Waals surface area contributed by atoms with Crippen molar-refractivity contribution in [3.63, 3.8) is 0 Å². The van der Waals surface area contributed by atoms with Crippen molar-refractivity contribution in [2.75, 3.05) is 0 Å². The van der Waals surface area contributed by atoms with E-state index < -0.39 is 5.54 Å². The highest BCUT2D eigenvalue weighted by Crippen LogP contribution is 2.26. The molecule has 1 aromatic rings. The molecular weight excluding hydrogens is 328 g/mol. The maximum atomic E-state index is 12.2. The summed E-state index contributed by atoms with van der Waals surface area (Å²) in [7, 11) is 0. The lowest BCUT2D eigenvalue weighted by atomic mass is 9.82. The van der Waals surface area contributed by atoms with Gasteiger partial charge in [-0.15, -0.1) is 0 Å². The predicted molar refractivity (Wildman–Crippen MR) is 81.0 cm³/mol. The Bertz CT molecular complexity index is 473. The van der Waals surface area contributed by atoms with Crippen LogP contribution in [0.3, 0.4) is 0 Å². The van der Waals surface area contributed by atoms with Crippen LogP contribution in [0.4, 0.5) is 0 Å². The first-order valence-electron chi connectivity index (χ1n) is 6.52. The zero-order valence-electron chi connectivity index (χ0n) is 10.7. The third-order valence-corrected chi connectivity index (χ3v) is 4.50. The highest BCUT2D eigenvalue weighted by atomic mass is 79.9. The summed E-state index contributed by atoms with van der Waals surface area (Å²) in [6.07, 6.45) is 4.77. The van der Waals surface area contributed by atoms with E-state index in [0.29, 0.717) is 11.6 Å². The molecule has 2 rings (SSSR count). The van der Waals surface area contributed by atoms with Gasteiger partial charge in [0.25, 0.3) is 0 Å². The predicted octanol–water partition coefficient (Wildman–Crippen LogP) is 3.38. The van der Waals surface area contributed by atoms with Crippen molar-refractivity contribution in [2.45, 2.75) is 44.2 Å². The molecule has 5 heteroatoms. The molecule has 104 valence electrons. The van der Waals surface area contributed by atoms with Crippen LogP contribution in [0.5, 0.6) is 0 Å². The average molecular weight is 346 g/mol. The first-order chi connectivity index (χ1) is 9.01. The van der Waals surface area contributed by atoms with E-state index >= 15 is 0 Å². The number of benzene rings is 1. The monoisotopic (exact) mass is 344 g/mol. The fourth-order valence-electron chi connectivity index (χ4n) is 2.43. The second-order valence-electron chi connectivity index (χ2n) is 5.14. The highest BCUT2D eigenvalue weighted by Gasteiger charge is 2.34. The second-order valence-corrected chi connectivity index (χ2v) is 6.46. The molecule has 0 radical (unpaired) electrons. The lowest BCUT2D eigenvalue weighted by molar-refractivity contribution is -0.127. The number of amides is 1. The average Bonchev–Trinajstić information content (AvgIpc) is 2.38. The van der Waals surface area contributed by atoms with Crippen molar-refractivity contribution < 1.29 is 4.79 Å². The van der Waals surface area contributed by atoms with Crippen LogP contribution in [0.1, 0.15) is 37.7 Å². The number of halogens is 2. The molecule has 1 amide bonds. The Morgan fingerprint density at radius 2 is 2.05 bits per heavy atom. The number of carbonyl (C=O) groups is 1. The standard InChI is InChI=1S/C14H18BrClN2O/c15-11-5-4-10(12(16)8-11)9-18-13(19)14(17)6-2-1-3-7-14/h4-5,8H,1-3,6-7,9,17H2,(H,18,19). The van der Waals surface area contributed by atoms with E-state index in [1.165, 1.54) is 6.42 Å². The van der Waals surface area contributed by atoms with Crippen molar-refractivity contribution in [2.24, 2.45) is 5.73 Å². The van der Waals surface area contributed by atoms with E-state index in [2.05, 4.69) is 21.2 Å². The molecule has 1 aliphatic carbocycles. The zero-order valence-corrected chi connectivity index (χ0v) is 13.1. The fourth-order valence-corrected chi connectivity index (χ4v) is 3.17. The Balaban J connectivity index is 1.96. The Labute approximate surface area is 127 Å². The number of rotatable bonds is 3. The lowest BCUT2D eigenvalue weighted by Gasteiger charge is -2.31. The number of carbonyl (C=O) groups excluding carboxylic acids is 1. The van der Waals surface area contributed by atoms with Crippen LogP contribution >= 0.6 is 27.5 Å². The minimum absolute atomic E-state index is 0.0637. The molecule has 1 aliphatic rings. The van der Waals surface area contributed by atoms with Gasteiger partial charge in [-0.1, -0.05) is 52.9 Å². The molecule has 3 N–H and O–H groups in total. The summed E-state index contributed by atoms with van der Waals surface area (Å²) < 4.78 is 0.926. The molecule has 0 aliphatic heterocycles. The van der Waals surface area contributed by atoms with E-state index in [0.717, 1.165) is 35.7 Å². The minimum Gasteiger partial charge on any atom is -0.350 e. The van der Waals surface area contributed by atoms with Crippen molar-refractivity contribution in [1.29, 1.82) is 0 Å². The minimum atomic E-state index is -0.694. The molecule has 19 heavy (non-hydrogen) atoms. The summed E-state index contributed by atoms with van der Waals surface area (Å²) in [5.74, 6) is -0.0637. The van der Waals surface area contributed by atoms with Crippen molar-refractivity contribution in [3.05, 3.63) is 33.3 Å². The molecular formula is C14H18BrClN2O. The molecule has 3 nitrogen and oxygen atoms in total. The summed E-state index contributed by atoms with van der Waals surface area (Å²) in [6.45, 7) is 0.421. The molecule has 0 heterocycles. The molecule has 0 unspecified atom stereocenters. The van der Waals surface area contributed by atoms with Crippen LogP contribution in [0.2, 0.25) is 5.02 Å². The van der Waals surface area contributed by atoms with Crippen LogP contribution in [0.25, 0.3) is 0 Å². The SMILES string of the molecule is NC1(C(=O)NCc2ccc(Br)cc2Cl)CCCCC1. The van der Waals surface area contributed by atoms with Gasteiger partial charge in [0.2, 0.25) is 5.91 Å². The summed E-state index contributed by atoms with van der Waals surface area (Å²) in [4.78, 5) is 12.2. The van der Waals surface area contributed by atoms with E-state index in [-0.39, 0.29) is 5.91 Å². The normalized spacial score (nSPS) is 18.1. The van der Waals surface area contributed by atoms with Gasteiger partial charge in [-0.05, 0) is 30.5 Å². The van der Waals surface area contributed by atoms with Gasteiger partial charge in [-0.25, -0.2) is 0 Å². The molecule has 1 fully saturated rings. The van der Waals surface area contributed by atoms with E-state index in [1.807, 2.05) is 18.2 Å². The van der Waals surface area contributed by atoms with Gasteiger partial charge >= 0.3 is 0 Å². The zero-order chi connectivity index (χ0) is 13.9. The van der Waals surface area contributed by atoms with Gasteiger partial charge in [0.1, 0.15) is 0 Å². The maximum Gasteiger partial charge on any atom is 0.240 e. The largest absolute Gasteiger partial charge is 0.350 e. The Morgan fingerprint density at radius 1 is 1.37 bits per heavy atom. The number of nitrogens with two attached hydrogens (primary N) is 1. The van der Waals surface area contributed by atoms with E-state index in [9.17, 15) is 4.79 Å². The number of hydrogen-bond acceptors (Lipinski definition) is 2. The fraction of sp³-hybridized carbons (Fsp3) is 0.500. The van der Waals surface area contributed by atoms with Gasteiger partial charge < -0.3 is 11.1 Å². The number of hydrogen-bond donors (Lipinski definition) is 2. The molecule has 0 bridgehead atoms.